The summed E-state index contributed by atoms with van der Waals surface area (Å²) in [4.78, 5) is 36.4. The Labute approximate surface area is 164 Å². The minimum atomic E-state index is -0.248. The molecule has 0 aliphatic heterocycles. The quantitative estimate of drug-likeness (QED) is 0.350. The lowest BCUT2D eigenvalue weighted by Crippen LogP contribution is -2.21. The van der Waals surface area contributed by atoms with Crippen molar-refractivity contribution < 1.29 is 19.8 Å². The Bertz CT molecular complexity index is 724. The number of hydrogen-bond donors (Lipinski definition) is 6. The van der Waals surface area contributed by atoms with Crippen molar-refractivity contribution in [3.05, 3.63) is 34.4 Å². The van der Waals surface area contributed by atoms with Gasteiger partial charge < -0.3 is 30.8 Å². The number of Topliss-reactive ketones (excluding diaryl/α,β-unsaturated/α-hetero) is 2. The van der Waals surface area contributed by atoms with Crippen molar-refractivity contribution in [2.45, 2.75) is 39.8 Å². The number of aliphatic hydroxyl groups excluding tert-OH is 2. The monoisotopic (exact) mass is 394 g/mol. The van der Waals surface area contributed by atoms with Gasteiger partial charge in [0.25, 0.3) is 0 Å². The molecule has 10 heteroatoms. The van der Waals surface area contributed by atoms with Crippen LogP contribution in [-0.2, 0) is 0 Å². The zero-order chi connectivity index (χ0) is 21.4. The van der Waals surface area contributed by atoms with E-state index in [2.05, 4.69) is 30.6 Å². The molecule has 2 rings (SSSR count). The van der Waals surface area contributed by atoms with Crippen LogP contribution in [0.15, 0.2) is 0 Å². The zero-order valence-electron chi connectivity index (χ0n) is 17.2. The third-order valence-corrected chi connectivity index (χ3v) is 4.20. The maximum atomic E-state index is 11.1. The van der Waals surface area contributed by atoms with Crippen LogP contribution >= 0.6 is 0 Å². The molecule has 10 nitrogen and oxygen atoms in total. The maximum absolute atomic E-state index is 11.1. The zero-order valence-corrected chi connectivity index (χ0v) is 17.2. The highest BCUT2D eigenvalue weighted by Gasteiger charge is 2.17. The molecule has 2 aromatic rings. The molecule has 0 fully saturated rings. The summed E-state index contributed by atoms with van der Waals surface area (Å²) in [5.74, 6) is 1.05. The second-order valence-electron chi connectivity index (χ2n) is 6.35. The molecule has 0 radical (unpaired) electrons. The number of likely N-dealkylation sites (N-methyl/N-ethyl adjacent to an activating group) is 2. The van der Waals surface area contributed by atoms with Crippen LogP contribution in [0, 0.1) is 13.8 Å². The second kappa shape index (κ2) is 10.8. The van der Waals surface area contributed by atoms with E-state index in [0.29, 0.717) is 23.0 Å². The topological polar surface area (TPSA) is 156 Å². The minimum absolute atomic E-state index is 0.0548. The number of carbonyl (C=O) groups is 2. The largest absolute Gasteiger partial charge is 0.394 e. The first-order valence-electron chi connectivity index (χ1n) is 8.91. The predicted octanol–water partition coefficient (Wildman–Crippen LogP) is 0.347. The van der Waals surface area contributed by atoms with Crippen LogP contribution < -0.4 is 10.6 Å². The number of carbonyl (C=O) groups excluding carboxylic acids is 2. The van der Waals surface area contributed by atoms with E-state index in [1.165, 1.54) is 13.8 Å². The first kappa shape index (κ1) is 23.6. The van der Waals surface area contributed by atoms with Crippen LogP contribution in [0.3, 0.4) is 0 Å². The number of H-pyrrole nitrogens is 2. The molecule has 0 bridgehead atoms. The number of aromatic amines is 2. The van der Waals surface area contributed by atoms with Crippen molar-refractivity contribution in [3.63, 3.8) is 0 Å². The fourth-order valence-electron chi connectivity index (χ4n) is 2.61. The molecule has 28 heavy (non-hydrogen) atoms. The molecule has 0 aliphatic carbocycles. The molecular formula is C18H30N6O4. The van der Waals surface area contributed by atoms with Crippen LogP contribution in [0.4, 0.5) is 0 Å². The number of ketones is 2. The molecule has 0 amide bonds. The van der Waals surface area contributed by atoms with Crippen LogP contribution in [0.2, 0.25) is 0 Å². The number of nitrogens with zero attached hydrogens (tertiary/aromatic N) is 2. The minimum Gasteiger partial charge on any atom is -0.394 e. The molecule has 0 aromatic carbocycles. The van der Waals surface area contributed by atoms with Gasteiger partial charge in [-0.25, -0.2) is 9.97 Å². The van der Waals surface area contributed by atoms with E-state index in [1.54, 1.807) is 27.9 Å². The second-order valence-corrected chi connectivity index (χ2v) is 6.35. The summed E-state index contributed by atoms with van der Waals surface area (Å²) in [6.45, 7) is 6.41. The molecule has 2 atom stereocenters. The normalized spacial score (nSPS) is 12.9. The number of rotatable bonds is 8. The highest BCUT2D eigenvalue weighted by Crippen LogP contribution is 2.13. The summed E-state index contributed by atoms with van der Waals surface area (Å²) in [5, 5.41) is 23.8. The first-order chi connectivity index (χ1) is 13.2. The van der Waals surface area contributed by atoms with Crippen molar-refractivity contribution in [3.8, 4) is 0 Å². The predicted molar refractivity (Wildman–Crippen MR) is 104 cm³/mol. The summed E-state index contributed by atoms with van der Waals surface area (Å²) in [7, 11) is 3.46. The van der Waals surface area contributed by atoms with Gasteiger partial charge in [0.15, 0.2) is 11.6 Å². The van der Waals surface area contributed by atoms with Crippen molar-refractivity contribution in [2.24, 2.45) is 0 Å². The Kier molecular flexibility index (Phi) is 9.13. The van der Waals surface area contributed by atoms with Crippen LogP contribution in [0.1, 0.15) is 69.9 Å². The number of hydrogen-bond acceptors (Lipinski definition) is 8. The van der Waals surface area contributed by atoms with E-state index < -0.39 is 0 Å². The highest BCUT2D eigenvalue weighted by molar-refractivity contribution is 5.93. The molecule has 2 heterocycles. The van der Waals surface area contributed by atoms with Gasteiger partial charge in [0.2, 0.25) is 0 Å². The average Bonchev–Trinajstić information content (AvgIpc) is 3.21. The van der Waals surface area contributed by atoms with Gasteiger partial charge >= 0.3 is 0 Å². The van der Waals surface area contributed by atoms with E-state index in [1.807, 2.05) is 0 Å². The van der Waals surface area contributed by atoms with Crippen LogP contribution in [0.5, 0.6) is 0 Å². The van der Waals surface area contributed by atoms with Gasteiger partial charge in [-0.05, 0) is 27.9 Å². The summed E-state index contributed by atoms with van der Waals surface area (Å²) >= 11 is 0. The molecular weight excluding hydrogens is 364 g/mol. The molecule has 0 saturated heterocycles. The Morgan fingerprint density at radius 3 is 1.36 bits per heavy atom. The summed E-state index contributed by atoms with van der Waals surface area (Å²) < 4.78 is 0. The Morgan fingerprint density at radius 2 is 1.18 bits per heavy atom. The Morgan fingerprint density at radius 1 is 0.857 bits per heavy atom. The Balaban J connectivity index is 0.000000280. The van der Waals surface area contributed by atoms with Crippen molar-refractivity contribution in [1.82, 2.24) is 30.6 Å². The van der Waals surface area contributed by atoms with E-state index in [4.69, 9.17) is 10.2 Å². The van der Waals surface area contributed by atoms with Gasteiger partial charge in [-0.3, -0.25) is 9.59 Å². The molecule has 0 spiro atoms. The standard InChI is InChI=1S/2C9H15N3O2/c2*1-5-8(6(2)14)12-9(11-5)7(4-13)10-3/h2*7,10,13H,4H2,1-3H3,(H,11,12). The lowest BCUT2D eigenvalue weighted by Gasteiger charge is -2.08. The third-order valence-electron chi connectivity index (χ3n) is 4.20. The SMILES string of the molecule is CNC(CO)c1nc(C(C)=O)c(C)[nH]1.CNC(CO)c1nc(C(C)=O)c(C)[nH]1. The number of imidazole rings is 2. The average molecular weight is 394 g/mol. The third kappa shape index (κ3) is 5.80. The van der Waals surface area contributed by atoms with E-state index in [0.717, 1.165) is 11.4 Å². The highest BCUT2D eigenvalue weighted by atomic mass is 16.3. The number of aliphatic hydroxyl groups is 2. The summed E-state index contributed by atoms with van der Waals surface area (Å²) in [6.07, 6.45) is 0. The van der Waals surface area contributed by atoms with Gasteiger partial charge in [0, 0.05) is 25.2 Å². The number of aromatic nitrogens is 4. The maximum Gasteiger partial charge on any atom is 0.179 e. The van der Waals surface area contributed by atoms with Gasteiger partial charge in [0.1, 0.15) is 23.0 Å². The van der Waals surface area contributed by atoms with Crippen LogP contribution in [-0.4, -0.2) is 69.0 Å². The van der Waals surface area contributed by atoms with E-state index in [9.17, 15) is 9.59 Å². The molecule has 156 valence electrons. The molecule has 2 unspecified atom stereocenters. The van der Waals surface area contributed by atoms with Gasteiger partial charge in [-0.2, -0.15) is 0 Å². The smallest absolute Gasteiger partial charge is 0.179 e. The molecule has 6 N–H and O–H groups in total. The van der Waals surface area contributed by atoms with Crippen molar-refractivity contribution >= 4 is 11.6 Å². The van der Waals surface area contributed by atoms with Gasteiger partial charge in [-0.15, -0.1) is 0 Å². The van der Waals surface area contributed by atoms with Crippen molar-refractivity contribution in [2.75, 3.05) is 27.3 Å². The van der Waals surface area contributed by atoms with Crippen LogP contribution in [0.25, 0.3) is 0 Å². The molecule has 2 aromatic heterocycles. The number of aryl methyl sites for hydroxylation is 2. The lowest BCUT2D eigenvalue weighted by atomic mass is 10.3. The lowest BCUT2D eigenvalue weighted by molar-refractivity contribution is 0.1000. The van der Waals surface area contributed by atoms with Gasteiger partial charge in [-0.1, -0.05) is 0 Å². The van der Waals surface area contributed by atoms with E-state index in [-0.39, 0.29) is 36.9 Å². The fourth-order valence-corrected chi connectivity index (χ4v) is 2.61. The summed E-state index contributed by atoms with van der Waals surface area (Å²) in [6, 6.07) is -0.497. The molecule has 0 saturated carbocycles. The Hall–Kier alpha value is -2.40. The summed E-state index contributed by atoms with van der Waals surface area (Å²) in [5.41, 5.74) is 2.35. The number of nitrogens with one attached hydrogen (secondary N) is 4. The van der Waals surface area contributed by atoms with E-state index >= 15 is 0 Å². The fraction of sp³-hybridized carbons (Fsp3) is 0.556. The van der Waals surface area contributed by atoms with Crippen molar-refractivity contribution in [1.29, 1.82) is 0 Å². The molecule has 0 aliphatic rings. The first-order valence-corrected chi connectivity index (χ1v) is 8.91. The van der Waals surface area contributed by atoms with Gasteiger partial charge in [0.05, 0.1) is 25.3 Å².